The summed E-state index contributed by atoms with van der Waals surface area (Å²) in [6.45, 7) is 15.5. The zero-order chi connectivity index (χ0) is 45.6. The number of carbonyl (C=O) groups excluding carboxylic acids is 3. The number of piperidine rings is 2. The molecule has 344 valence electrons. The quantitative estimate of drug-likeness (QED) is 0.0835. The Balaban J connectivity index is 0.790. The third kappa shape index (κ3) is 10.4. The van der Waals surface area contributed by atoms with E-state index in [1.807, 2.05) is 36.4 Å². The van der Waals surface area contributed by atoms with Crippen molar-refractivity contribution in [2.45, 2.75) is 57.2 Å². The van der Waals surface area contributed by atoms with Gasteiger partial charge in [-0.1, -0.05) is 43.8 Å². The van der Waals surface area contributed by atoms with E-state index in [-0.39, 0.29) is 31.6 Å². The van der Waals surface area contributed by atoms with Gasteiger partial charge in [0, 0.05) is 107 Å². The van der Waals surface area contributed by atoms with Crippen molar-refractivity contribution in [3.05, 3.63) is 95.7 Å². The van der Waals surface area contributed by atoms with Crippen molar-refractivity contribution in [1.29, 1.82) is 0 Å². The molecular formula is C49H62ClN10O4P. The first-order valence-electron chi connectivity index (χ1n) is 22.8. The lowest BCUT2D eigenvalue weighted by molar-refractivity contribution is -0.138. The molecule has 4 aliphatic rings. The average Bonchev–Trinajstić information content (AvgIpc) is 3.67. The summed E-state index contributed by atoms with van der Waals surface area (Å²) in [4.78, 5) is 60.1. The van der Waals surface area contributed by atoms with E-state index >= 15 is 0 Å². The van der Waals surface area contributed by atoms with Crippen molar-refractivity contribution in [3.63, 3.8) is 0 Å². The second kappa shape index (κ2) is 20.8. The van der Waals surface area contributed by atoms with Crippen molar-refractivity contribution in [3.8, 4) is 5.75 Å². The topological polar surface area (TPSA) is 139 Å². The van der Waals surface area contributed by atoms with Crippen molar-refractivity contribution < 1.29 is 19.1 Å². The molecule has 0 aliphatic carbocycles. The molecule has 0 spiro atoms. The number of halogens is 1. The van der Waals surface area contributed by atoms with Crippen molar-refractivity contribution in [2.75, 3.05) is 100 Å². The van der Waals surface area contributed by atoms with Gasteiger partial charge in [-0.15, -0.1) is 6.58 Å². The summed E-state index contributed by atoms with van der Waals surface area (Å²) in [5.41, 5.74) is 5.54. The Labute approximate surface area is 389 Å². The molecule has 3 N–H and O–H groups in total. The van der Waals surface area contributed by atoms with Gasteiger partial charge in [-0.05, 0) is 99.1 Å². The fourth-order valence-corrected chi connectivity index (χ4v) is 10.9. The minimum absolute atomic E-state index is 0.0239. The van der Waals surface area contributed by atoms with E-state index in [9.17, 15) is 14.4 Å². The smallest absolute Gasteiger partial charge is 0.255 e. The van der Waals surface area contributed by atoms with Crippen LogP contribution < -0.4 is 35.8 Å². The van der Waals surface area contributed by atoms with Gasteiger partial charge in [-0.3, -0.25) is 19.3 Å². The molecule has 1 atom stereocenters. The van der Waals surface area contributed by atoms with Crippen molar-refractivity contribution in [1.82, 2.24) is 30.0 Å². The Kier molecular flexibility index (Phi) is 14.8. The predicted molar refractivity (Wildman–Crippen MR) is 263 cm³/mol. The van der Waals surface area contributed by atoms with E-state index in [1.165, 1.54) is 5.30 Å². The van der Waals surface area contributed by atoms with Gasteiger partial charge in [0.1, 0.15) is 16.8 Å². The maximum absolute atomic E-state index is 13.8. The van der Waals surface area contributed by atoms with Gasteiger partial charge in [0.15, 0.2) is 5.82 Å². The van der Waals surface area contributed by atoms with E-state index in [0.717, 1.165) is 106 Å². The number of allylic oxidation sites excluding steroid dienone is 1. The molecule has 3 saturated heterocycles. The van der Waals surface area contributed by atoms with Crippen molar-refractivity contribution >= 4 is 77.1 Å². The summed E-state index contributed by atoms with van der Waals surface area (Å²) in [6.07, 6.45) is 8.31. The minimum Gasteiger partial charge on any atom is -0.494 e. The van der Waals surface area contributed by atoms with Gasteiger partial charge in [0.05, 0.1) is 19.0 Å². The lowest BCUT2D eigenvalue weighted by Gasteiger charge is -2.44. The van der Waals surface area contributed by atoms with Crippen LogP contribution in [0.25, 0.3) is 0 Å². The minimum atomic E-state index is -0.529. The molecule has 1 unspecified atom stereocenters. The molecule has 3 fully saturated rings. The Morgan fingerprint density at radius 3 is 2.29 bits per heavy atom. The van der Waals surface area contributed by atoms with Crippen LogP contribution in [-0.2, 0) is 16.1 Å². The molecule has 3 amide bonds. The summed E-state index contributed by atoms with van der Waals surface area (Å²) < 4.78 is 5.85. The number of benzene rings is 3. The van der Waals surface area contributed by atoms with Crippen LogP contribution in [-0.4, -0.2) is 134 Å². The first-order valence-corrected chi connectivity index (χ1v) is 25.5. The summed E-state index contributed by atoms with van der Waals surface area (Å²) in [5.74, 6) is 1.71. The summed E-state index contributed by atoms with van der Waals surface area (Å²) in [7, 11) is 2.96. The number of amides is 3. The molecule has 65 heavy (non-hydrogen) atoms. The highest BCUT2D eigenvalue weighted by Crippen LogP contribution is 2.36. The SMILES string of the molecule is C=CCCC(C(=O)NC)N1Cc2cc(N3CCC(C(=O)N4CCN(C5CCN(c6ccc(Nc7ncc(Cl)c(Nc8ccccc8P(C)C)n7)c(OC)c6)CC5)CC4)CC3)ccc2C1=O. The number of rotatable bonds is 15. The molecule has 1 aromatic heterocycles. The number of anilines is 6. The van der Waals surface area contributed by atoms with Gasteiger partial charge in [0.2, 0.25) is 17.8 Å². The monoisotopic (exact) mass is 920 g/mol. The number of ether oxygens (including phenoxy) is 1. The summed E-state index contributed by atoms with van der Waals surface area (Å²) in [6, 6.07) is 20.4. The molecule has 5 heterocycles. The second-order valence-corrected chi connectivity index (χ2v) is 20.2. The highest BCUT2D eigenvalue weighted by molar-refractivity contribution is 7.64. The molecule has 0 bridgehead atoms. The van der Waals surface area contributed by atoms with Crippen LogP contribution in [0.5, 0.6) is 5.75 Å². The Hall–Kier alpha value is -5.43. The summed E-state index contributed by atoms with van der Waals surface area (Å²) >= 11 is 6.54. The second-order valence-electron chi connectivity index (χ2n) is 17.5. The molecule has 0 saturated carbocycles. The standard InChI is InChI=1S/C49H62ClN10O4P/c1-6-7-11-42(46(61)51-2)60-32-34-29-36(13-15-38(34)48(60)63)56-21-17-33(18-22-56)47(62)59-27-25-58(26-28-59)35-19-23-57(24-20-35)37-14-16-40(43(30-37)64-3)54-49-52-31-39(50)45(55-49)53-41-10-8-9-12-44(41)65(4)5/h6,8-10,12-16,29-31,33,35,42H,1,7,11,17-28,32H2,2-5H3,(H,51,61)(H2,52,53,54,55). The zero-order valence-electron chi connectivity index (χ0n) is 38.1. The molecule has 4 aliphatic heterocycles. The highest BCUT2D eigenvalue weighted by Gasteiger charge is 2.37. The van der Waals surface area contributed by atoms with Crippen LogP contribution in [0.1, 0.15) is 54.4 Å². The average molecular weight is 922 g/mol. The Bertz CT molecular complexity index is 2360. The number of piperazine rings is 1. The van der Waals surface area contributed by atoms with Gasteiger partial charge in [0.25, 0.3) is 5.91 Å². The van der Waals surface area contributed by atoms with E-state index in [0.29, 0.717) is 53.5 Å². The van der Waals surface area contributed by atoms with Gasteiger partial charge < -0.3 is 40.3 Å². The van der Waals surface area contributed by atoms with Gasteiger partial charge in [-0.25, -0.2) is 4.98 Å². The fourth-order valence-electron chi connectivity index (χ4n) is 9.80. The third-order valence-electron chi connectivity index (χ3n) is 13.5. The van der Waals surface area contributed by atoms with Gasteiger partial charge in [-0.2, -0.15) is 4.98 Å². The zero-order valence-corrected chi connectivity index (χ0v) is 39.7. The summed E-state index contributed by atoms with van der Waals surface area (Å²) in [5, 5.41) is 11.1. The molecule has 4 aromatic rings. The first-order chi connectivity index (χ1) is 31.5. The number of likely N-dealkylation sites (N-methyl/N-ethyl adjacent to an activating group) is 1. The number of nitrogens with one attached hydrogen (secondary N) is 3. The molecule has 14 nitrogen and oxygen atoms in total. The van der Waals surface area contributed by atoms with Crippen LogP contribution in [0.2, 0.25) is 5.02 Å². The normalized spacial score (nSPS) is 17.8. The number of methoxy groups -OCH3 is 1. The van der Waals surface area contributed by atoms with Crippen LogP contribution in [0.15, 0.2) is 79.5 Å². The molecule has 3 aromatic carbocycles. The highest BCUT2D eigenvalue weighted by atomic mass is 35.5. The predicted octanol–water partition coefficient (Wildman–Crippen LogP) is 7.06. The van der Waals surface area contributed by atoms with Crippen LogP contribution in [0, 0.1) is 5.92 Å². The maximum atomic E-state index is 13.8. The number of para-hydroxylation sites is 1. The number of nitrogens with zero attached hydrogens (tertiary/aromatic N) is 7. The number of hydrogen-bond acceptors (Lipinski definition) is 11. The lowest BCUT2D eigenvalue weighted by atomic mass is 9.94. The lowest BCUT2D eigenvalue weighted by Crippen LogP contribution is -2.55. The number of carbonyl (C=O) groups is 3. The first kappa shape index (κ1) is 46.1. The third-order valence-corrected chi connectivity index (χ3v) is 15.1. The maximum Gasteiger partial charge on any atom is 0.255 e. The number of hydrogen-bond donors (Lipinski definition) is 3. The van der Waals surface area contributed by atoms with Crippen LogP contribution >= 0.6 is 19.5 Å². The van der Waals surface area contributed by atoms with E-state index in [4.69, 9.17) is 21.3 Å². The largest absolute Gasteiger partial charge is 0.494 e. The molecule has 16 heteroatoms. The van der Waals surface area contributed by atoms with Gasteiger partial charge >= 0.3 is 0 Å². The Morgan fingerprint density at radius 2 is 1.60 bits per heavy atom. The number of fused-ring (bicyclic) bond motifs is 1. The van der Waals surface area contributed by atoms with Crippen LogP contribution in [0.3, 0.4) is 0 Å². The molecule has 8 rings (SSSR count). The van der Waals surface area contributed by atoms with E-state index in [1.54, 1.807) is 31.3 Å². The van der Waals surface area contributed by atoms with Crippen molar-refractivity contribution in [2.24, 2.45) is 5.92 Å². The van der Waals surface area contributed by atoms with E-state index in [2.05, 4.69) is 84.7 Å². The molecule has 0 radical (unpaired) electrons. The van der Waals surface area contributed by atoms with E-state index < -0.39 is 6.04 Å². The van der Waals surface area contributed by atoms with Crippen LogP contribution in [0.4, 0.5) is 34.5 Å². The Morgan fingerprint density at radius 1 is 0.908 bits per heavy atom. The number of aromatic nitrogens is 2. The fraction of sp³-hybridized carbons (Fsp3) is 0.449. The molecular weight excluding hydrogens is 859 g/mol.